The molecule has 1 aliphatic rings. The van der Waals surface area contributed by atoms with Gasteiger partial charge in [-0.1, -0.05) is 0 Å². The molecule has 0 atom stereocenters. The van der Waals surface area contributed by atoms with Gasteiger partial charge in [-0.25, -0.2) is 4.98 Å². The van der Waals surface area contributed by atoms with Crippen LogP contribution in [0.5, 0.6) is 0 Å². The van der Waals surface area contributed by atoms with Crippen molar-refractivity contribution in [1.29, 1.82) is 0 Å². The van der Waals surface area contributed by atoms with E-state index in [0.717, 1.165) is 30.7 Å². The van der Waals surface area contributed by atoms with Crippen LogP contribution in [0.15, 0.2) is 4.42 Å². The average Bonchev–Trinajstić information content (AvgIpc) is 2.62. The van der Waals surface area contributed by atoms with Gasteiger partial charge in [0.05, 0.1) is 0 Å². The Bertz CT molecular complexity index is 415. The predicted octanol–water partition coefficient (Wildman–Crippen LogP) is 0.602. The zero-order chi connectivity index (χ0) is 7.97. The van der Waals surface area contributed by atoms with E-state index in [1.807, 2.05) is 0 Å². The Kier molecular flexibility index (Phi) is 1.10. The molecular weight excluding hydrogens is 154 g/mol. The third-order valence-electron chi connectivity index (χ3n) is 2.29. The van der Waals surface area contributed by atoms with E-state index >= 15 is 0 Å². The number of fused-ring (bicyclic) bond motifs is 3. The van der Waals surface area contributed by atoms with Crippen molar-refractivity contribution in [3.8, 4) is 0 Å². The molecule has 0 bridgehead atoms. The Balaban J connectivity index is 2.34. The summed E-state index contributed by atoms with van der Waals surface area (Å²) in [5.74, 6) is 0. The quantitative estimate of drug-likeness (QED) is 0.596. The molecule has 4 nitrogen and oxygen atoms in total. The van der Waals surface area contributed by atoms with E-state index in [0.29, 0.717) is 0 Å². The lowest BCUT2D eigenvalue weighted by atomic mass is 10.1. The summed E-state index contributed by atoms with van der Waals surface area (Å²) in [5, 5.41) is 3.29. The molecule has 61 valence electrons. The molecule has 2 aromatic heterocycles. The van der Waals surface area contributed by atoms with Gasteiger partial charge in [-0.3, -0.25) is 0 Å². The van der Waals surface area contributed by atoms with Gasteiger partial charge < -0.3 is 14.7 Å². The van der Waals surface area contributed by atoms with E-state index in [9.17, 15) is 0 Å². The number of nitrogens with one attached hydrogen (secondary N) is 2. The number of rotatable bonds is 0. The zero-order valence-corrected chi connectivity index (χ0v) is 6.48. The molecule has 3 rings (SSSR count). The van der Waals surface area contributed by atoms with Crippen LogP contribution in [0.25, 0.3) is 11.2 Å². The maximum Gasteiger partial charge on any atom is 0.286 e. The minimum atomic E-state index is 0.753. The first-order chi connectivity index (χ1) is 5.95. The standard InChI is InChI=1S/C8H8N3O/c1-2-9-3-5-6(1)11-8-7(5)10-4-12-8/h9,11H,1-3H2. The fourth-order valence-electron chi connectivity index (χ4n) is 1.69. The molecule has 2 N–H and O–H groups in total. The minimum absolute atomic E-state index is 0.753. The summed E-state index contributed by atoms with van der Waals surface area (Å²) in [5.41, 5.74) is 4.17. The molecule has 0 amide bonds. The van der Waals surface area contributed by atoms with Crippen LogP contribution in [0.1, 0.15) is 11.3 Å². The van der Waals surface area contributed by atoms with E-state index in [1.165, 1.54) is 11.3 Å². The number of nitrogens with zero attached hydrogens (tertiary/aromatic N) is 1. The van der Waals surface area contributed by atoms with Crippen LogP contribution in [0, 0.1) is 6.39 Å². The highest BCUT2D eigenvalue weighted by Crippen LogP contribution is 2.22. The van der Waals surface area contributed by atoms with E-state index in [2.05, 4.69) is 21.7 Å². The molecule has 0 unspecified atom stereocenters. The predicted molar refractivity (Wildman–Crippen MR) is 42.6 cm³/mol. The maximum absolute atomic E-state index is 5.05. The molecule has 0 fully saturated rings. The molecule has 0 spiro atoms. The van der Waals surface area contributed by atoms with Crippen LogP contribution in [0.3, 0.4) is 0 Å². The first-order valence-corrected chi connectivity index (χ1v) is 4.02. The van der Waals surface area contributed by atoms with E-state index in [-0.39, 0.29) is 0 Å². The van der Waals surface area contributed by atoms with Crippen molar-refractivity contribution < 1.29 is 4.42 Å². The molecule has 12 heavy (non-hydrogen) atoms. The van der Waals surface area contributed by atoms with Crippen molar-refractivity contribution in [2.45, 2.75) is 13.0 Å². The molecule has 1 radical (unpaired) electrons. The molecule has 3 heterocycles. The van der Waals surface area contributed by atoms with Gasteiger partial charge in [0.1, 0.15) is 5.52 Å². The highest BCUT2D eigenvalue weighted by Gasteiger charge is 2.17. The molecule has 2 aromatic rings. The highest BCUT2D eigenvalue weighted by molar-refractivity contribution is 5.75. The Morgan fingerprint density at radius 3 is 3.50 bits per heavy atom. The molecule has 0 aromatic carbocycles. The topological polar surface area (TPSA) is 53.9 Å². The van der Waals surface area contributed by atoms with Crippen molar-refractivity contribution >= 4 is 11.2 Å². The molecule has 4 heteroatoms. The Morgan fingerprint density at radius 1 is 1.50 bits per heavy atom. The van der Waals surface area contributed by atoms with Crippen LogP contribution in [-0.4, -0.2) is 16.5 Å². The van der Waals surface area contributed by atoms with Gasteiger partial charge in [0, 0.05) is 30.8 Å². The van der Waals surface area contributed by atoms with Gasteiger partial charge in [-0.05, 0) is 0 Å². The fourth-order valence-corrected chi connectivity index (χ4v) is 1.69. The van der Waals surface area contributed by atoms with Crippen LogP contribution in [0.2, 0.25) is 0 Å². The second-order valence-electron chi connectivity index (χ2n) is 2.99. The largest absolute Gasteiger partial charge is 0.415 e. The minimum Gasteiger partial charge on any atom is -0.415 e. The second-order valence-corrected chi connectivity index (χ2v) is 2.99. The summed E-state index contributed by atoms with van der Waals surface area (Å²) in [7, 11) is 0. The summed E-state index contributed by atoms with van der Waals surface area (Å²) in [6.07, 6.45) is 3.51. The van der Waals surface area contributed by atoms with Gasteiger partial charge in [0.25, 0.3) is 6.39 Å². The van der Waals surface area contributed by atoms with Crippen molar-refractivity contribution in [2.75, 3.05) is 6.54 Å². The smallest absolute Gasteiger partial charge is 0.286 e. The van der Waals surface area contributed by atoms with E-state index in [1.54, 1.807) is 0 Å². The van der Waals surface area contributed by atoms with E-state index < -0.39 is 0 Å². The average molecular weight is 162 g/mol. The summed E-state index contributed by atoms with van der Waals surface area (Å²) < 4.78 is 5.05. The van der Waals surface area contributed by atoms with Crippen LogP contribution in [-0.2, 0) is 13.0 Å². The number of aromatic amines is 1. The summed E-state index contributed by atoms with van der Waals surface area (Å²) in [6, 6.07) is 0. The monoisotopic (exact) mass is 162 g/mol. The first-order valence-electron chi connectivity index (χ1n) is 4.02. The number of oxazole rings is 1. The third-order valence-corrected chi connectivity index (χ3v) is 2.29. The Morgan fingerprint density at radius 2 is 2.50 bits per heavy atom. The Hall–Kier alpha value is -1.29. The lowest BCUT2D eigenvalue weighted by Crippen LogP contribution is -2.23. The molecule has 0 saturated carbocycles. The molecule has 0 saturated heterocycles. The van der Waals surface area contributed by atoms with Crippen molar-refractivity contribution in [3.05, 3.63) is 17.7 Å². The highest BCUT2D eigenvalue weighted by atomic mass is 16.3. The van der Waals surface area contributed by atoms with Crippen LogP contribution < -0.4 is 5.32 Å². The van der Waals surface area contributed by atoms with Crippen molar-refractivity contribution in [1.82, 2.24) is 15.3 Å². The summed E-state index contributed by atoms with van der Waals surface area (Å²) in [4.78, 5) is 7.22. The lowest BCUT2D eigenvalue weighted by molar-refractivity contribution is 0.575. The number of aromatic nitrogens is 2. The van der Waals surface area contributed by atoms with Gasteiger partial charge >= 0.3 is 0 Å². The van der Waals surface area contributed by atoms with Gasteiger partial charge in [0.15, 0.2) is 0 Å². The third kappa shape index (κ3) is 0.674. The SMILES string of the molecule is [c]1nc2c3c([nH]c2o1)CCNC3. The van der Waals surface area contributed by atoms with Gasteiger partial charge in [-0.15, -0.1) is 0 Å². The summed E-state index contributed by atoms with van der Waals surface area (Å²) >= 11 is 0. The Labute approximate surface area is 69.0 Å². The van der Waals surface area contributed by atoms with Crippen LogP contribution >= 0.6 is 0 Å². The number of hydrogen-bond donors (Lipinski definition) is 2. The van der Waals surface area contributed by atoms with Crippen molar-refractivity contribution in [3.63, 3.8) is 0 Å². The number of H-pyrrole nitrogens is 1. The summed E-state index contributed by atoms with van der Waals surface area (Å²) in [6.45, 7) is 1.91. The van der Waals surface area contributed by atoms with E-state index in [4.69, 9.17) is 4.42 Å². The second kappa shape index (κ2) is 2.10. The zero-order valence-electron chi connectivity index (χ0n) is 6.48. The number of hydrogen-bond acceptors (Lipinski definition) is 3. The maximum atomic E-state index is 5.05. The first kappa shape index (κ1) is 6.25. The molecule has 0 aliphatic carbocycles. The normalized spacial score (nSPS) is 16.7. The van der Waals surface area contributed by atoms with Gasteiger partial charge in [0.2, 0.25) is 5.71 Å². The molecule has 1 aliphatic heterocycles. The van der Waals surface area contributed by atoms with Gasteiger partial charge in [-0.2, -0.15) is 0 Å². The van der Waals surface area contributed by atoms with Crippen LogP contribution in [0.4, 0.5) is 0 Å². The van der Waals surface area contributed by atoms with Crippen molar-refractivity contribution in [2.24, 2.45) is 0 Å². The fraction of sp³-hybridized carbons (Fsp3) is 0.375. The molecular formula is C8H8N3O. The lowest BCUT2D eigenvalue weighted by Gasteiger charge is -2.11.